The number of carbonyl (C=O) groups excluding carboxylic acids is 4. The number of rotatable bonds is 3. The summed E-state index contributed by atoms with van der Waals surface area (Å²) < 4.78 is 0. The second-order valence-electron chi connectivity index (χ2n) is 8.89. The molecule has 2 aliphatic heterocycles. The van der Waals surface area contributed by atoms with Crippen molar-refractivity contribution in [1.82, 2.24) is 10.2 Å². The van der Waals surface area contributed by atoms with Gasteiger partial charge in [0.1, 0.15) is 6.04 Å². The van der Waals surface area contributed by atoms with Gasteiger partial charge in [-0.3, -0.25) is 29.4 Å². The highest BCUT2D eigenvalue weighted by Crippen LogP contribution is 2.35. The van der Waals surface area contributed by atoms with Gasteiger partial charge in [-0.2, -0.15) is 0 Å². The quantitative estimate of drug-likeness (QED) is 0.518. The molecular formula is C23H24N4O4. The Bertz CT molecular complexity index is 1130. The molecule has 2 heterocycles. The van der Waals surface area contributed by atoms with E-state index in [0.717, 1.165) is 10.5 Å². The molecule has 31 heavy (non-hydrogen) atoms. The number of anilines is 3. The number of imide groups is 2. The zero-order valence-electron chi connectivity index (χ0n) is 17.6. The summed E-state index contributed by atoms with van der Waals surface area (Å²) in [5.41, 5.74) is 9.13. The van der Waals surface area contributed by atoms with Gasteiger partial charge in [0, 0.05) is 17.8 Å². The lowest BCUT2D eigenvalue weighted by Gasteiger charge is -2.27. The van der Waals surface area contributed by atoms with Crippen LogP contribution in [0.25, 0.3) is 0 Å². The second-order valence-corrected chi connectivity index (χ2v) is 8.89. The average Bonchev–Trinajstić information content (AvgIpc) is 2.93. The number of fused-ring (bicyclic) bond motifs is 1. The van der Waals surface area contributed by atoms with Gasteiger partial charge in [0.2, 0.25) is 11.8 Å². The molecule has 1 saturated heterocycles. The minimum atomic E-state index is -1.00. The first kappa shape index (κ1) is 20.6. The fraction of sp³-hybridized carbons (Fsp3) is 0.304. The van der Waals surface area contributed by atoms with Gasteiger partial charge < -0.3 is 11.1 Å². The molecule has 0 aliphatic carbocycles. The first-order chi connectivity index (χ1) is 14.6. The van der Waals surface area contributed by atoms with Crippen LogP contribution in [-0.4, -0.2) is 34.6 Å². The molecule has 0 bridgehead atoms. The molecule has 160 valence electrons. The second kappa shape index (κ2) is 7.23. The number of carbonyl (C=O) groups is 4. The van der Waals surface area contributed by atoms with Gasteiger partial charge in [0.05, 0.1) is 16.8 Å². The summed E-state index contributed by atoms with van der Waals surface area (Å²) in [6.07, 6.45) is 0.191. The SMILES string of the molecule is CC(C)(C)c1cc(N)cc(Nc2cccc3c2C(=O)N(C2CCC(=O)NC2=O)C3=O)c1. The lowest BCUT2D eigenvalue weighted by molar-refractivity contribution is -0.136. The third-order valence-electron chi connectivity index (χ3n) is 5.57. The van der Waals surface area contributed by atoms with E-state index in [1.807, 2.05) is 12.1 Å². The number of nitrogens with zero attached hydrogens (tertiary/aromatic N) is 1. The fourth-order valence-electron chi connectivity index (χ4n) is 3.93. The molecule has 2 aliphatic rings. The van der Waals surface area contributed by atoms with Gasteiger partial charge >= 0.3 is 0 Å². The zero-order chi connectivity index (χ0) is 22.5. The van der Waals surface area contributed by atoms with Crippen molar-refractivity contribution < 1.29 is 19.2 Å². The molecule has 0 radical (unpaired) electrons. The lowest BCUT2D eigenvalue weighted by atomic mass is 9.86. The van der Waals surface area contributed by atoms with Crippen molar-refractivity contribution >= 4 is 40.7 Å². The summed E-state index contributed by atoms with van der Waals surface area (Å²) in [4.78, 5) is 50.9. The number of hydrogen-bond acceptors (Lipinski definition) is 6. The predicted octanol–water partition coefficient (Wildman–Crippen LogP) is 2.71. The monoisotopic (exact) mass is 420 g/mol. The van der Waals surface area contributed by atoms with E-state index in [2.05, 4.69) is 31.4 Å². The maximum absolute atomic E-state index is 13.2. The number of hydrogen-bond donors (Lipinski definition) is 3. The average molecular weight is 420 g/mol. The smallest absolute Gasteiger partial charge is 0.264 e. The largest absolute Gasteiger partial charge is 0.399 e. The van der Waals surface area contributed by atoms with Gasteiger partial charge in [-0.1, -0.05) is 26.8 Å². The number of piperidine rings is 1. The molecule has 1 fully saturated rings. The van der Waals surface area contributed by atoms with E-state index < -0.39 is 29.7 Å². The van der Waals surface area contributed by atoms with Crippen LogP contribution in [0, 0.1) is 0 Å². The molecule has 8 heteroatoms. The van der Waals surface area contributed by atoms with Crippen LogP contribution in [0.1, 0.15) is 59.9 Å². The Hall–Kier alpha value is -3.68. The predicted molar refractivity (Wildman–Crippen MR) is 116 cm³/mol. The van der Waals surface area contributed by atoms with Crippen molar-refractivity contribution in [1.29, 1.82) is 0 Å². The van der Waals surface area contributed by atoms with Crippen LogP contribution in [-0.2, 0) is 15.0 Å². The molecule has 4 rings (SSSR count). The Morgan fingerprint density at radius 2 is 1.81 bits per heavy atom. The summed E-state index contributed by atoms with van der Waals surface area (Å²) in [5.74, 6) is -2.14. The minimum absolute atomic E-state index is 0.0772. The molecule has 4 amide bonds. The van der Waals surface area contributed by atoms with E-state index in [1.54, 1.807) is 24.3 Å². The fourth-order valence-corrected chi connectivity index (χ4v) is 3.93. The molecule has 2 aromatic rings. The summed E-state index contributed by atoms with van der Waals surface area (Å²) in [5, 5.41) is 5.42. The van der Waals surface area contributed by atoms with Crippen LogP contribution in [0.3, 0.4) is 0 Å². The first-order valence-corrected chi connectivity index (χ1v) is 10.1. The van der Waals surface area contributed by atoms with Crippen LogP contribution in [0.2, 0.25) is 0 Å². The zero-order valence-corrected chi connectivity index (χ0v) is 17.6. The van der Waals surface area contributed by atoms with Gasteiger partial charge in [-0.15, -0.1) is 0 Å². The number of nitrogens with one attached hydrogen (secondary N) is 2. The molecule has 8 nitrogen and oxygen atoms in total. The van der Waals surface area contributed by atoms with Crippen molar-refractivity contribution in [3.63, 3.8) is 0 Å². The van der Waals surface area contributed by atoms with Crippen molar-refractivity contribution in [2.75, 3.05) is 11.1 Å². The topological polar surface area (TPSA) is 122 Å². The molecule has 4 N–H and O–H groups in total. The Kier molecular flexibility index (Phi) is 4.80. The van der Waals surface area contributed by atoms with Gasteiger partial charge in [0.25, 0.3) is 11.8 Å². The standard InChI is InChI=1S/C23H24N4O4/c1-23(2,3)12-9-13(24)11-14(10-12)25-16-6-4-5-15-19(16)22(31)27(21(15)30)17-7-8-18(28)26-20(17)29/h4-6,9-11,17,25H,7-8,24H2,1-3H3,(H,26,28,29). The van der Waals surface area contributed by atoms with Crippen LogP contribution < -0.4 is 16.4 Å². The molecule has 1 unspecified atom stereocenters. The molecule has 2 aromatic carbocycles. The highest BCUT2D eigenvalue weighted by Gasteiger charge is 2.45. The Labute approximate surface area is 179 Å². The normalized spacial score (nSPS) is 18.8. The van der Waals surface area contributed by atoms with Gasteiger partial charge in [0.15, 0.2) is 0 Å². The minimum Gasteiger partial charge on any atom is -0.399 e. The highest BCUT2D eigenvalue weighted by molar-refractivity contribution is 6.25. The van der Waals surface area contributed by atoms with Gasteiger partial charge in [-0.05, 0) is 47.7 Å². The van der Waals surface area contributed by atoms with E-state index in [9.17, 15) is 19.2 Å². The van der Waals surface area contributed by atoms with E-state index in [1.165, 1.54) is 0 Å². The summed E-state index contributed by atoms with van der Waals surface area (Å²) in [7, 11) is 0. The Balaban J connectivity index is 1.70. The van der Waals surface area contributed by atoms with Crippen LogP contribution in [0.15, 0.2) is 36.4 Å². The van der Waals surface area contributed by atoms with E-state index in [-0.39, 0.29) is 29.4 Å². The van der Waals surface area contributed by atoms with E-state index in [0.29, 0.717) is 17.1 Å². The van der Waals surface area contributed by atoms with E-state index >= 15 is 0 Å². The summed E-state index contributed by atoms with van der Waals surface area (Å²) >= 11 is 0. The van der Waals surface area contributed by atoms with Crippen LogP contribution in [0.4, 0.5) is 17.1 Å². The third kappa shape index (κ3) is 3.65. The Morgan fingerprint density at radius 3 is 2.48 bits per heavy atom. The first-order valence-electron chi connectivity index (χ1n) is 10.1. The van der Waals surface area contributed by atoms with Crippen molar-refractivity contribution in [3.05, 3.63) is 53.1 Å². The third-order valence-corrected chi connectivity index (χ3v) is 5.57. The number of benzene rings is 2. The molecule has 0 saturated carbocycles. The van der Waals surface area contributed by atoms with Crippen molar-refractivity contribution in [3.8, 4) is 0 Å². The van der Waals surface area contributed by atoms with Gasteiger partial charge in [-0.25, -0.2) is 0 Å². The molecule has 1 atom stereocenters. The maximum atomic E-state index is 13.2. The molecular weight excluding hydrogens is 396 g/mol. The van der Waals surface area contributed by atoms with E-state index in [4.69, 9.17) is 5.73 Å². The molecule has 0 spiro atoms. The highest BCUT2D eigenvalue weighted by atomic mass is 16.2. The lowest BCUT2D eigenvalue weighted by Crippen LogP contribution is -2.54. The number of amides is 4. The summed E-state index contributed by atoms with van der Waals surface area (Å²) in [6.45, 7) is 6.23. The molecule has 0 aromatic heterocycles. The van der Waals surface area contributed by atoms with Crippen molar-refractivity contribution in [2.45, 2.75) is 45.1 Å². The summed E-state index contributed by atoms with van der Waals surface area (Å²) in [6, 6.07) is 9.56. The van der Waals surface area contributed by atoms with Crippen molar-refractivity contribution in [2.24, 2.45) is 0 Å². The van der Waals surface area contributed by atoms with Crippen LogP contribution >= 0.6 is 0 Å². The van der Waals surface area contributed by atoms with Crippen LogP contribution in [0.5, 0.6) is 0 Å². The Morgan fingerprint density at radius 1 is 1.06 bits per heavy atom. The number of nitrogens with two attached hydrogens (primary N) is 1. The number of nitrogen functional groups attached to an aromatic ring is 1. The maximum Gasteiger partial charge on any atom is 0.264 e.